The van der Waals surface area contributed by atoms with Gasteiger partial charge in [0.2, 0.25) is 23.5 Å². The summed E-state index contributed by atoms with van der Waals surface area (Å²) in [7, 11) is 0. The summed E-state index contributed by atoms with van der Waals surface area (Å²) in [5.74, 6) is 0.682. The van der Waals surface area contributed by atoms with Gasteiger partial charge in [-0.05, 0) is 36.4 Å². The van der Waals surface area contributed by atoms with Crippen molar-refractivity contribution < 1.29 is 13.3 Å². The van der Waals surface area contributed by atoms with Crippen molar-refractivity contribution in [3.05, 3.63) is 71.2 Å². The highest BCUT2D eigenvalue weighted by molar-refractivity contribution is 6.30. The van der Waals surface area contributed by atoms with Crippen LogP contribution in [0.2, 0.25) is 5.02 Å². The fourth-order valence-electron chi connectivity index (χ4n) is 2.24. The second kappa shape index (κ2) is 6.45. The van der Waals surface area contributed by atoms with E-state index in [-0.39, 0.29) is 23.7 Å². The number of hydrogen-bond acceptors (Lipinski definition) is 6. The first-order valence-corrected chi connectivity index (χ1v) is 7.72. The number of nitrogens with zero attached hydrogens (tertiary/aromatic N) is 4. The molecule has 0 bridgehead atoms. The molecule has 4 rings (SSSR count). The molecule has 0 radical (unpaired) electrons. The molecule has 4 aromatic rings. The molecule has 0 aliphatic heterocycles. The fourth-order valence-corrected chi connectivity index (χ4v) is 2.37. The second-order valence-electron chi connectivity index (χ2n) is 5.18. The zero-order chi connectivity index (χ0) is 17.2. The maximum Gasteiger partial charge on any atom is 0.247 e. The summed E-state index contributed by atoms with van der Waals surface area (Å²) in [6, 6.07) is 13.2. The van der Waals surface area contributed by atoms with Crippen LogP contribution in [0.15, 0.2) is 57.5 Å². The van der Waals surface area contributed by atoms with Crippen molar-refractivity contribution in [2.75, 3.05) is 0 Å². The minimum absolute atomic E-state index is 0.155. The van der Waals surface area contributed by atoms with E-state index in [9.17, 15) is 4.39 Å². The molecule has 2 aromatic carbocycles. The van der Waals surface area contributed by atoms with E-state index < -0.39 is 5.82 Å². The summed E-state index contributed by atoms with van der Waals surface area (Å²) in [6.45, 7) is 0. The van der Waals surface area contributed by atoms with Crippen LogP contribution in [-0.2, 0) is 6.42 Å². The van der Waals surface area contributed by atoms with E-state index in [1.807, 2.05) is 0 Å². The molecule has 0 aliphatic rings. The van der Waals surface area contributed by atoms with Crippen molar-refractivity contribution in [1.29, 1.82) is 0 Å². The van der Waals surface area contributed by atoms with Crippen molar-refractivity contribution >= 4 is 11.6 Å². The molecular formula is C17H10ClFN4O2. The van der Waals surface area contributed by atoms with E-state index in [1.165, 1.54) is 6.07 Å². The molecule has 0 unspecified atom stereocenters. The number of aromatic nitrogens is 4. The van der Waals surface area contributed by atoms with Gasteiger partial charge in [-0.1, -0.05) is 28.9 Å². The predicted octanol–water partition coefficient (Wildman–Crippen LogP) is 4.17. The summed E-state index contributed by atoms with van der Waals surface area (Å²) in [5, 5.41) is 12.3. The molecule has 0 saturated carbocycles. The molecule has 8 heteroatoms. The highest BCUT2D eigenvalue weighted by Gasteiger charge is 2.16. The molecule has 2 aromatic heterocycles. The Balaban J connectivity index is 1.54. The molecule has 0 aliphatic carbocycles. The van der Waals surface area contributed by atoms with E-state index in [2.05, 4.69) is 20.3 Å². The third kappa shape index (κ3) is 3.27. The van der Waals surface area contributed by atoms with E-state index in [0.717, 1.165) is 5.56 Å². The van der Waals surface area contributed by atoms with Crippen molar-refractivity contribution in [1.82, 2.24) is 20.3 Å². The van der Waals surface area contributed by atoms with Crippen molar-refractivity contribution in [3.63, 3.8) is 0 Å². The Labute approximate surface area is 146 Å². The zero-order valence-electron chi connectivity index (χ0n) is 12.7. The number of rotatable bonds is 4. The van der Waals surface area contributed by atoms with Crippen molar-refractivity contribution in [2.24, 2.45) is 0 Å². The second-order valence-corrected chi connectivity index (χ2v) is 5.61. The van der Waals surface area contributed by atoms with Gasteiger partial charge in [0.15, 0.2) is 0 Å². The first-order chi connectivity index (χ1) is 12.2. The Hall–Kier alpha value is -3.06. The van der Waals surface area contributed by atoms with Crippen molar-refractivity contribution in [3.8, 4) is 22.8 Å². The highest BCUT2D eigenvalue weighted by atomic mass is 35.5. The average Bonchev–Trinajstić information content (AvgIpc) is 3.26. The third-order valence-electron chi connectivity index (χ3n) is 3.44. The van der Waals surface area contributed by atoms with Gasteiger partial charge in [0.25, 0.3) is 0 Å². The molecule has 0 atom stereocenters. The maximum atomic E-state index is 13.8. The lowest BCUT2D eigenvalue weighted by Gasteiger charge is -1.94. The van der Waals surface area contributed by atoms with Crippen LogP contribution in [0.4, 0.5) is 4.39 Å². The van der Waals surface area contributed by atoms with Crippen molar-refractivity contribution in [2.45, 2.75) is 6.42 Å². The topological polar surface area (TPSA) is 77.8 Å². The summed E-state index contributed by atoms with van der Waals surface area (Å²) in [4.78, 5) is 4.17. The van der Waals surface area contributed by atoms with Crippen LogP contribution >= 0.6 is 11.6 Å². The quantitative estimate of drug-likeness (QED) is 0.546. The van der Waals surface area contributed by atoms with Crippen LogP contribution < -0.4 is 0 Å². The van der Waals surface area contributed by atoms with Crippen LogP contribution in [0, 0.1) is 5.82 Å². The highest BCUT2D eigenvalue weighted by Crippen LogP contribution is 2.22. The Kier molecular flexibility index (Phi) is 3.99. The maximum absolute atomic E-state index is 13.8. The summed E-state index contributed by atoms with van der Waals surface area (Å²) in [6.07, 6.45) is 0.155. The molecule has 0 fully saturated rings. The average molecular weight is 357 g/mol. The van der Waals surface area contributed by atoms with Crippen LogP contribution in [0.25, 0.3) is 22.8 Å². The Morgan fingerprint density at radius 3 is 2.56 bits per heavy atom. The SMILES string of the molecule is Fc1ccccc1-c1noc(Cc2nnc(-c3ccc(Cl)cc3)o2)n1. The third-order valence-corrected chi connectivity index (χ3v) is 3.70. The predicted molar refractivity (Wildman–Crippen MR) is 87.2 cm³/mol. The standard InChI is InChI=1S/C17H10ClFN4O2/c18-11-7-5-10(6-8-11)17-22-21-15(24-17)9-14-20-16(23-25-14)12-3-1-2-4-13(12)19/h1-8H,9H2. The van der Waals surface area contributed by atoms with Crippen LogP contribution in [0.5, 0.6) is 0 Å². The van der Waals surface area contributed by atoms with Gasteiger partial charge in [-0.2, -0.15) is 4.98 Å². The van der Waals surface area contributed by atoms with Gasteiger partial charge < -0.3 is 8.94 Å². The smallest absolute Gasteiger partial charge is 0.247 e. The lowest BCUT2D eigenvalue weighted by molar-refractivity contribution is 0.373. The number of benzene rings is 2. The van der Waals surface area contributed by atoms with Gasteiger partial charge >= 0.3 is 0 Å². The van der Waals surface area contributed by atoms with E-state index >= 15 is 0 Å². The van der Waals surface area contributed by atoms with Gasteiger partial charge in [0.05, 0.1) is 5.56 Å². The molecule has 0 N–H and O–H groups in total. The van der Waals surface area contributed by atoms with Crippen LogP contribution in [0.1, 0.15) is 11.8 Å². The molecule has 0 amide bonds. The molecule has 124 valence electrons. The van der Waals surface area contributed by atoms with Gasteiger partial charge in [-0.25, -0.2) is 4.39 Å². The molecule has 25 heavy (non-hydrogen) atoms. The number of hydrogen-bond donors (Lipinski definition) is 0. The fraction of sp³-hybridized carbons (Fsp3) is 0.0588. The normalized spacial score (nSPS) is 11.0. The minimum atomic E-state index is -0.419. The first kappa shape index (κ1) is 15.5. The minimum Gasteiger partial charge on any atom is -0.420 e. The van der Waals surface area contributed by atoms with E-state index in [4.69, 9.17) is 20.5 Å². The van der Waals surface area contributed by atoms with Crippen LogP contribution in [0.3, 0.4) is 0 Å². The number of halogens is 2. The van der Waals surface area contributed by atoms with E-state index in [0.29, 0.717) is 16.8 Å². The van der Waals surface area contributed by atoms with Gasteiger partial charge in [0, 0.05) is 10.6 Å². The van der Waals surface area contributed by atoms with Gasteiger partial charge in [-0.15, -0.1) is 10.2 Å². The Bertz CT molecular complexity index is 1010. The summed E-state index contributed by atoms with van der Waals surface area (Å²) < 4.78 is 24.5. The lowest BCUT2D eigenvalue weighted by Crippen LogP contribution is -1.90. The monoisotopic (exact) mass is 356 g/mol. The zero-order valence-corrected chi connectivity index (χ0v) is 13.4. The largest absolute Gasteiger partial charge is 0.420 e. The first-order valence-electron chi connectivity index (χ1n) is 7.35. The Morgan fingerprint density at radius 2 is 1.76 bits per heavy atom. The molecule has 2 heterocycles. The summed E-state index contributed by atoms with van der Waals surface area (Å²) >= 11 is 5.85. The Morgan fingerprint density at radius 1 is 0.960 bits per heavy atom. The molecular weight excluding hydrogens is 347 g/mol. The summed E-state index contributed by atoms with van der Waals surface area (Å²) in [5.41, 5.74) is 1.02. The van der Waals surface area contributed by atoms with E-state index in [1.54, 1.807) is 42.5 Å². The lowest BCUT2D eigenvalue weighted by atomic mass is 10.2. The molecule has 6 nitrogen and oxygen atoms in total. The van der Waals surface area contributed by atoms with Gasteiger partial charge in [0.1, 0.15) is 12.2 Å². The molecule has 0 saturated heterocycles. The van der Waals surface area contributed by atoms with Crippen LogP contribution in [-0.4, -0.2) is 20.3 Å². The molecule has 0 spiro atoms. The van der Waals surface area contributed by atoms with Gasteiger partial charge in [-0.3, -0.25) is 0 Å².